The Kier molecular flexibility index (Phi) is 9.18. The van der Waals surface area contributed by atoms with E-state index in [0.717, 1.165) is 57.7 Å². The first kappa shape index (κ1) is 24.6. The van der Waals surface area contributed by atoms with Crippen molar-refractivity contribution in [1.29, 1.82) is 0 Å². The van der Waals surface area contributed by atoms with Crippen LogP contribution in [0.1, 0.15) is 35.2 Å². The van der Waals surface area contributed by atoms with Gasteiger partial charge in [-0.2, -0.15) is 0 Å². The standard InChI is InChI=1S/C25H32F2N4O2/c1-19-5-4-6-21(17-19)31-15-13-30(14-16-31)12-3-2-10-28-24(32)9-11-29-25(33)22-8-7-20(26)18-23(22)27/h4-8,17-18H,2-3,9-16H2,1H3,(H,28,32)(H,29,33). The molecule has 1 heterocycles. The van der Waals surface area contributed by atoms with Crippen molar-refractivity contribution in [3.63, 3.8) is 0 Å². The number of hydrogen-bond acceptors (Lipinski definition) is 4. The molecule has 0 spiro atoms. The highest BCUT2D eigenvalue weighted by Crippen LogP contribution is 2.18. The van der Waals surface area contributed by atoms with E-state index in [9.17, 15) is 18.4 Å². The zero-order valence-electron chi connectivity index (χ0n) is 19.1. The second-order valence-corrected chi connectivity index (χ2v) is 8.35. The lowest BCUT2D eigenvalue weighted by Crippen LogP contribution is -2.46. The van der Waals surface area contributed by atoms with Gasteiger partial charge in [0.05, 0.1) is 5.56 Å². The van der Waals surface area contributed by atoms with Crippen molar-refractivity contribution in [2.24, 2.45) is 0 Å². The topological polar surface area (TPSA) is 64.7 Å². The predicted octanol–water partition coefficient (Wildman–Crippen LogP) is 3.11. The molecule has 0 radical (unpaired) electrons. The highest BCUT2D eigenvalue weighted by molar-refractivity contribution is 5.94. The molecule has 33 heavy (non-hydrogen) atoms. The number of nitrogens with one attached hydrogen (secondary N) is 2. The van der Waals surface area contributed by atoms with E-state index < -0.39 is 17.5 Å². The summed E-state index contributed by atoms with van der Waals surface area (Å²) in [6.07, 6.45) is 2.00. The molecule has 0 atom stereocenters. The Hall–Kier alpha value is -3.00. The Labute approximate surface area is 194 Å². The molecule has 3 rings (SSSR count). The maximum absolute atomic E-state index is 13.6. The summed E-state index contributed by atoms with van der Waals surface area (Å²) in [6.45, 7) is 7.92. The van der Waals surface area contributed by atoms with Gasteiger partial charge in [-0.15, -0.1) is 0 Å². The van der Waals surface area contributed by atoms with Gasteiger partial charge in [0.15, 0.2) is 0 Å². The van der Waals surface area contributed by atoms with Crippen LogP contribution in [0.5, 0.6) is 0 Å². The van der Waals surface area contributed by atoms with E-state index >= 15 is 0 Å². The van der Waals surface area contributed by atoms with E-state index in [1.165, 1.54) is 11.3 Å². The summed E-state index contributed by atoms with van der Waals surface area (Å²) < 4.78 is 26.5. The average molecular weight is 459 g/mol. The minimum Gasteiger partial charge on any atom is -0.369 e. The quantitative estimate of drug-likeness (QED) is 0.537. The Bertz CT molecular complexity index is 946. The van der Waals surface area contributed by atoms with Crippen molar-refractivity contribution in [1.82, 2.24) is 15.5 Å². The Morgan fingerprint density at radius 2 is 1.73 bits per heavy atom. The molecular formula is C25H32F2N4O2. The van der Waals surface area contributed by atoms with Gasteiger partial charge in [0.25, 0.3) is 5.91 Å². The minimum atomic E-state index is -0.923. The molecule has 2 aromatic carbocycles. The van der Waals surface area contributed by atoms with Crippen LogP contribution in [0.4, 0.5) is 14.5 Å². The molecule has 0 aromatic heterocycles. The number of carbonyl (C=O) groups is 2. The molecule has 2 N–H and O–H groups in total. The van der Waals surface area contributed by atoms with Crippen LogP contribution in [0, 0.1) is 18.6 Å². The number of amides is 2. The van der Waals surface area contributed by atoms with Gasteiger partial charge in [0, 0.05) is 57.4 Å². The highest BCUT2D eigenvalue weighted by Gasteiger charge is 2.17. The molecule has 178 valence electrons. The van der Waals surface area contributed by atoms with Gasteiger partial charge in [0.1, 0.15) is 11.6 Å². The number of aryl methyl sites for hydroxylation is 1. The fourth-order valence-electron chi connectivity index (χ4n) is 3.89. The summed E-state index contributed by atoms with van der Waals surface area (Å²) >= 11 is 0. The van der Waals surface area contributed by atoms with Crippen LogP contribution in [0.2, 0.25) is 0 Å². The molecule has 1 fully saturated rings. The molecule has 6 nitrogen and oxygen atoms in total. The minimum absolute atomic E-state index is 0.0900. The van der Waals surface area contributed by atoms with E-state index in [-0.39, 0.29) is 24.4 Å². The van der Waals surface area contributed by atoms with Crippen molar-refractivity contribution in [3.8, 4) is 0 Å². The largest absolute Gasteiger partial charge is 0.369 e. The Morgan fingerprint density at radius 3 is 2.45 bits per heavy atom. The van der Waals surface area contributed by atoms with Gasteiger partial charge in [-0.25, -0.2) is 8.78 Å². The fraction of sp³-hybridized carbons (Fsp3) is 0.440. The zero-order valence-corrected chi connectivity index (χ0v) is 19.1. The number of benzene rings is 2. The summed E-state index contributed by atoms with van der Waals surface area (Å²) in [6, 6.07) is 11.4. The second kappa shape index (κ2) is 12.3. The molecule has 1 aliphatic rings. The molecule has 0 bridgehead atoms. The fourth-order valence-corrected chi connectivity index (χ4v) is 3.89. The van der Waals surface area contributed by atoms with Gasteiger partial charge in [0.2, 0.25) is 5.91 Å². The number of unbranched alkanes of at least 4 members (excludes halogenated alkanes) is 1. The van der Waals surface area contributed by atoms with E-state index in [4.69, 9.17) is 0 Å². The van der Waals surface area contributed by atoms with Gasteiger partial charge < -0.3 is 15.5 Å². The number of carbonyl (C=O) groups excluding carboxylic acids is 2. The average Bonchev–Trinajstić information content (AvgIpc) is 2.79. The predicted molar refractivity (Wildman–Crippen MR) is 125 cm³/mol. The van der Waals surface area contributed by atoms with E-state index in [0.29, 0.717) is 12.6 Å². The van der Waals surface area contributed by atoms with Crippen molar-refractivity contribution >= 4 is 17.5 Å². The lowest BCUT2D eigenvalue weighted by molar-refractivity contribution is -0.120. The molecule has 2 aromatic rings. The molecular weight excluding hydrogens is 426 g/mol. The lowest BCUT2D eigenvalue weighted by atomic mass is 10.2. The second-order valence-electron chi connectivity index (χ2n) is 8.35. The first-order valence-corrected chi connectivity index (χ1v) is 11.5. The molecule has 0 unspecified atom stereocenters. The summed E-state index contributed by atoms with van der Waals surface area (Å²) in [5, 5.41) is 5.33. The summed E-state index contributed by atoms with van der Waals surface area (Å²) in [7, 11) is 0. The van der Waals surface area contributed by atoms with Crippen LogP contribution < -0.4 is 15.5 Å². The van der Waals surface area contributed by atoms with Crippen molar-refractivity contribution in [2.75, 3.05) is 50.7 Å². The van der Waals surface area contributed by atoms with E-state index in [1.807, 2.05) is 0 Å². The number of piperazine rings is 1. The number of nitrogens with zero attached hydrogens (tertiary/aromatic N) is 2. The zero-order chi connectivity index (χ0) is 23.6. The van der Waals surface area contributed by atoms with Gasteiger partial charge in [-0.3, -0.25) is 14.5 Å². The van der Waals surface area contributed by atoms with E-state index in [1.54, 1.807) is 0 Å². The monoisotopic (exact) mass is 458 g/mol. The lowest BCUT2D eigenvalue weighted by Gasteiger charge is -2.36. The summed E-state index contributed by atoms with van der Waals surface area (Å²) in [5.74, 6) is -2.49. The first-order chi connectivity index (χ1) is 15.9. The van der Waals surface area contributed by atoms with Crippen molar-refractivity contribution in [2.45, 2.75) is 26.2 Å². The van der Waals surface area contributed by atoms with Crippen LogP contribution in [-0.4, -0.2) is 62.5 Å². The first-order valence-electron chi connectivity index (χ1n) is 11.5. The smallest absolute Gasteiger partial charge is 0.254 e. The van der Waals surface area contributed by atoms with Crippen molar-refractivity contribution in [3.05, 3.63) is 65.2 Å². The molecule has 0 aliphatic carbocycles. The molecule has 0 saturated carbocycles. The molecule has 2 amide bonds. The number of rotatable bonds is 10. The third-order valence-corrected chi connectivity index (χ3v) is 5.78. The Balaban J connectivity index is 1.23. The van der Waals surface area contributed by atoms with Gasteiger partial charge in [-0.1, -0.05) is 12.1 Å². The Morgan fingerprint density at radius 1 is 0.939 bits per heavy atom. The van der Waals surface area contributed by atoms with Crippen LogP contribution in [0.3, 0.4) is 0 Å². The SMILES string of the molecule is Cc1cccc(N2CCN(CCCCNC(=O)CCNC(=O)c3ccc(F)cc3F)CC2)c1. The summed E-state index contributed by atoms with van der Waals surface area (Å²) in [4.78, 5) is 28.7. The molecule has 1 saturated heterocycles. The number of hydrogen-bond donors (Lipinski definition) is 2. The highest BCUT2D eigenvalue weighted by atomic mass is 19.1. The third kappa shape index (κ3) is 7.82. The van der Waals surface area contributed by atoms with Gasteiger partial charge in [-0.05, 0) is 56.1 Å². The van der Waals surface area contributed by atoms with E-state index in [2.05, 4.69) is 51.6 Å². The van der Waals surface area contributed by atoms with Gasteiger partial charge >= 0.3 is 0 Å². The van der Waals surface area contributed by atoms with Crippen LogP contribution in [0.25, 0.3) is 0 Å². The number of halogens is 2. The maximum Gasteiger partial charge on any atom is 0.254 e. The number of anilines is 1. The van der Waals surface area contributed by atoms with Crippen LogP contribution in [0.15, 0.2) is 42.5 Å². The van der Waals surface area contributed by atoms with Crippen LogP contribution >= 0.6 is 0 Å². The normalized spacial score (nSPS) is 14.2. The maximum atomic E-state index is 13.6. The molecule has 8 heteroatoms. The summed E-state index contributed by atoms with van der Waals surface area (Å²) in [5.41, 5.74) is 2.33. The van der Waals surface area contributed by atoms with Crippen molar-refractivity contribution < 1.29 is 18.4 Å². The third-order valence-electron chi connectivity index (χ3n) is 5.78. The molecule has 1 aliphatic heterocycles. The van der Waals surface area contributed by atoms with Crippen LogP contribution in [-0.2, 0) is 4.79 Å².